The average molecular weight is 395 g/mol. The Bertz CT molecular complexity index is 938. The number of rotatable bonds is 3. The Morgan fingerprint density at radius 3 is 2.71 bits per heavy atom. The van der Waals surface area contributed by atoms with Crippen molar-refractivity contribution in [2.45, 2.75) is 32.2 Å². The van der Waals surface area contributed by atoms with Crippen LogP contribution in [0.3, 0.4) is 0 Å². The van der Waals surface area contributed by atoms with Gasteiger partial charge >= 0.3 is 0 Å². The summed E-state index contributed by atoms with van der Waals surface area (Å²) in [5.74, 6) is 0.124. The minimum atomic E-state index is -0.233. The van der Waals surface area contributed by atoms with Gasteiger partial charge in [0, 0.05) is 24.7 Å². The second-order valence-electron chi connectivity index (χ2n) is 7.41. The summed E-state index contributed by atoms with van der Waals surface area (Å²) in [6.07, 6.45) is 7.89. The summed E-state index contributed by atoms with van der Waals surface area (Å²) < 4.78 is 0. The quantitative estimate of drug-likeness (QED) is 0.758. The van der Waals surface area contributed by atoms with Gasteiger partial charge in [0.05, 0.1) is 10.6 Å². The number of carbonyl (C=O) groups is 2. The average Bonchev–Trinajstić information content (AvgIpc) is 2.73. The number of nitrogens with zero attached hydrogens (tertiary/aromatic N) is 1. The summed E-state index contributed by atoms with van der Waals surface area (Å²) in [6, 6.07) is 12.9. The molecule has 1 atom stereocenters. The molecule has 1 heterocycles. The van der Waals surface area contributed by atoms with Crippen molar-refractivity contribution >= 4 is 29.1 Å². The van der Waals surface area contributed by atoms with Gasteiger partial charge in [-0.25, -0.2) is 0 Å². The standard InChI is InChI=1S/C23H23ClN2O2/c24-21-9-5-4-8-20(21)22(27)25-19-11-10-16-12-13-26(15-18(16)14-19)23(28)17-6-2-1-3-7-17/h1-2,4-5,8-11,14,17H,3,6-7,12-13,15H2,(H,25,27). The lowest BCUT2D eigenvalue weighted by Gasteiger charge is -2.32. The monoisotopic (exact) mass is 394 g/mol. The van der Waals surface area contributed by atoms with E-state index in [1.165, 1.54) is 5.56 Å². The van der Waals surface area contributed by atoms with Crippen LogP contribution in [0, 0.1) is 5.92 Å². The van der Waals surface area contributed by atoms with Crippen molar-refractivity contribution in [3.05, 3.63) is 76.3 Å². The first-order chi connectivity index (χ1) is 13.6. The van der Waals surface area contributed by atoms with E-state index in [1.54, 1.807) is 24.3 Å². The van der Waals surface area contributed by atoms with Crippen LogP contribution in [0.1, 0.15) is 40.7 Å². The molecule has 2 aromatic carbocycles. The van der Waals surface area contributed by atoms with E-state index >= 15 is 0 Å². The number of anilines is 1. The number of hydrogen-bond donors (Lipinski definition) is 1. The van der Waals surface area contributed by atoms with Gasteiger partial charge in [-0.1, -0.05) is 42.0 Å². The maximum Gasteiger partial charge on any atom is 0.257 e. The van der Waals surface area contributed by atoms with E-state index in [4.69, 9.17) is 11.6 Å². The number of halogens is 1. The molecule has 0 fully saturated rings. The fraction of sp³-hybridized carbons (Fsp3) is 0.304. The molecular formula is C23H23ClN2O2. The first-order valence-electron chi connectivity index (χ1n) is 9.73. The molecule has 1 aliphatic carbocycles. The highest BCUT2D eigenvalue weighted by Crippen LogP contribution is 2.27. The molecule has 0 aromatic heterocycles. The van der Waals surface area contributed by atoms with Crippen LogP contribution in [0.5, 0.6) is 0 Å². The molecule has 2 aliphatic rings. The Balaban J connectivity index is 1.47. The van der Waals surface area contributed by atoms with Crippen molar-refractivity contribution in [2.75, 3.05) is 11.9 Å². The van der Waals surface area contributed by atoms with Crippen LogP contribution in [-0.2, 0) is 17.8 Å². The van der Waals surface area contributed by atoms with Crippen molar-refractivity contribution in [3.63, 3.8) is 0 Å². The minimum Gasteiger partial charge on any atom is -0.338 e. The summed E-state index contributed by atoms with van der Waals surface area (Å²) in [5.41, 5.74) is 3.51. The second kappa shape index (κ2) is 8.19. The zero-order valence-corrected chi connectivity index (χ0v) is 16.4. The van der Waals surface area contributed by atoms with Gasteiger partial charge in [0.2, 0.25) is 5.91 Å². The maximum atomic E-state index is 12.9. The van der Waals surface area contributed by atoms with Crippen LogP contribution < -0.4 is 5.32 Å². The van der Waals surface area contributed by atoms with Crippen molar-refractivity contribution in [3.8, 4) is 0 Å². The summed E-state index contributed by atoms with van der Waals surface area (Å²) in [6.45, 7) is 1.36. The highest BCUT2D eigenvalue weighted by Gasteiger charge is 2.27. The smallest absolute Gasteiger partial charge is 0.257 e. The molecule has 4 nitrogen and oxygen atoms in total. The van der Waals surface area contributed by atoms with Gasteiger partial charge in [-0.2, -0.15) is 0 Å². The molecule has 0 spiro atoms. The van der Waals surface area contributed by atoms with E-state index in [2.05, 4.69) is 17.5 Å². The first-order valence-corrected chi connectivity index (χ1v) is 10.1. The third kappa shape index (κ3) is 3.97. The van der Waals surface area contributed by atoms with Crippen LogP contribution in [-0.4, -0.2) is 23.3 Å². The van der Waals surface area contributed by atoms with Crippen LogP contribution in [0.2, 0.25) is 5.02 Å². The predicted octanol–water partition coefficient (Wildman–Crippen LogP) is 4.83. The topological polar surface area (TPSA) is 49.4 Å². The highest BCUT2D eigenvalue weighted by atomic mass is 35.5. The predicted molar refractivity (Wildman–Crippen MR) is 111 cm³/mol. The molecule has 28 heavy (non-hydrogen) atoms. The fourth-order valence-corrected chi connectivity index (χ4v) is 4.16. The van der Waals surface area contributed by atoms with Crippen molar-refractivity contribution in [2.24, 2.45) is 5.92 Å². The Hall–Kier alpha value is -2.59. The largest absolute Gasteiger partial charge is 0.338 e. The lowest BCUT2D eigenvalue weighted by Crippen LogP contribution is -2.40. The molecule has 4 rings (SSSR count). The highest BCUT2D eigenvalue weighted by molar-refractivity contribution is 6.34. The summed E-state index contributed by atoms with van der Waals surface area (Å²) in [5, 5.41) is 3.35. The number of allylic oxidation sites excluding steroid dienone is 2. The molecule has 5 heteroatoms. The van der Waals surface area contributed by atoms with Crippen LogP contribution in [0.4, 0.5) is 5.69 Å². The Morgan fingerprint density at radius 2 is 1.93 bits per heavy atom. The number of nitrogens with one attached hydrogen (secondary N) is 1. The molecule has 2 amide bonds. The number of benzene rings is 2. The molecule has 2 aromatic rings. The van der Waals surface area contributed by atoms with E-state index in [0.29, 0.717) is 17.1 Å². The lowest BCUT2D eigenvalue weighted by molar-refractivity contribution is -0.136. The molecule has 1 N–H and O–H groups in total. The van der Waals surface area contributed by atoms with E-state index in [-0.39, 0.29) is 17.7 Å². The third-order valence-electron chi connectivity index (χ3n) is 5.52. The fourth-order valence-electron chi connectivity index (χ4n) is 3.94. The number of hydrogen-bond acceptors (Lipinski definition) is 2. The van der Waals surface area contributed by atoms with Gasteiger partial charge in [-0.3, -0.25) is 9.59 Å². The maximum absolute atomic E-state index is 12.9. The minimum absolute atomic E-state index is 0.106. The molecule has 0 saturated heterocycles. The summed E-state index contributed by atoms with van der Waals surface area (Å²) >= 11 is 6.12. The van der Waals surface area contributed by atoms with Gasteiger partial charge < -0.3 is 10.2 Å². The van der Waals surface area contributed by atoms with Crippen LogP contribution >= 0.6 is 11.6 Å². The first kappa shape index (κ1) is 18.8. The van der Waals surface area contributed by atoms with Gasteiger partial charge in [0.1, 0.15) is 0 Å². The second-order valence-corrected chi connectivity index (χ2v) is 7.82. The van der Waals surface area contributed by atoms with Crippen molar-refractivity contribution in [1.29, 1.82) is 0 Å². The summed E-state index contributed by atoms with van der Waals surface area (Å²) in [7, 11) is 0. The van der Waals surface area contributed by atoms with E-state index in [9.17, 15) is 9.59 Å². The van der Waals surface area contributed by atoms with Crippen molar-refractivity contribution in [1.82, 2.24) is 4.90 Å². The van der Waals surface area contributed by atoms with Gasteiger partial charge in [0.15, 0.2) is 0 Å². The lowest BCUT2D eigenvalue weighted by atomic mass is 9.91. The van der Waals surface area contributed by atoms with E-state index < -0.39 is 0 Å². The zero-order valence-electron chi connectivity index (χ0n) is 15.7. The SMILES string of the molecule is O=C(Nc1ccc2c(c1)CN(C(=O)C1CC=CCC1)CC2)c1ccccc1Cl. The molecule has 1 unspecified atom stereocenters. The number of amides is 2. The van der Waals surface area contributed by atoms with E-state index in [0.717, 1.165) is 43.5 Å². The van der Waals surface area contributed by atoms with Gasteiger partial charge in [-0.15, -0.1) is 0 Å². The summed E-state index contributed by atoms with van der Waals surface area (Å²) in [4.78, 5) is 27.3. The molecular weight excluding hydrogens is 372 g/mol. The van der Waals surface area contributed by atoms with Crippen LogP contribution in [0.15, 0.2) is 54.6 Å². The Kier molecular flexibility index (Phi) is 5.49. The molecule has 0 radical (unpaired) electrons. The molecule has 1 aliphatic heterocycles. The molecule has 144 valence electrons. The third-order valence-corrected chi connectivity index (χ3v) is 5.85. The number of fused-ring (bicyclic) bond motifs is 1. The van der Waals surface area contributed by atoms with E-state index in [1.807, 2.05) is 23.1 Å². The Labute approximate surface area is 170 Å². The Morgan fingerprint density at radius 1 is 1.07 bits per heavy atom. The number of carbonyl (C=O) groups excluding carboxylic acids is 2. The van der Waals surface area contributed by atoms with Crippen molar-refractivity contribution < 1.29 is 9.59 Å². The molecule has 0 saturated carbocycles. The molecule has 0 bridgehead atoms. The van der Waals surface area contributed by atoms with Gasteiger partial charge in [-0.05, 0) is 61.1 Å². The normalized spacial score (nSPS) is 18.5. The zero-order chi connectivity index (χ0) is 19.5. The van der Waals surface area contributed by atoms with Gasteiger partial charge in [0.25, 0.3) is 5.91 Å². The van der Waals surface area contributed by atoms with Crippen LogP contribution in [0.25, 0.3) is 0 Å².